The first-order valence-electron chi connectivity index (χ1n) is 16.3. The molecule has 4 aromatic rings. The Hall–Kier alpha value is -5.96. The summed E-state index contributed by atoms with van der Waals surface area (Å²) in [7, 11) is 1.62. The molecule has 0 saturated heterocycles. The Morgan fingerprint density at radius 1 is 0.660 bits per heavy atom. The van der Waals surface area contributed by atoms with Gasteiger partial charge >= 0.3 is 11.9 Å². The number of allylic oxidation sites excluding steroid dienone is 1. The number of rotatable bonds is 11. The van der Waals surface area contributed by atoms with Gasteiger partial charge in [0.05, 0.1) is 11.5 Å². The molecule has 0 radical (unpaired) electrons. The number of ether oxygens (including phenoxy) is 2. The molecule has 50 heavy (non-hydrogen) atoms. The van der Waals surface area contributed by atoms with Crippen LogP contribution < -0.4 is 14.4 Å². The Balaban J connectivity index is 1.30. The van der Waals surface area contributed by atoms with E-state index in [4.69, 9.17) is 9.47 Å². The predicted octanol–water partition coefficient (Wildman–Crippen LogP) is 7.58. The maximum Gasteiger partial charge on any atom is 0.343 e. The summed E-state index contributed by atoms with van der Waals surface area (Å²) >= 11 is 0. The van der Waals surface area contributed by atoms with Crippen LogP contribution in [-0.4, -0.2) is 42.2 Å². The van der Waals surface area contributed by atoms with Crippen LogP contribution in [0.3, 0.4) is 0 Å². The van der Waals surface area contributed by atoms with Crippen LogP contribution in [0, 0.1) is 11.8 Å². The Bertz CT molecular complexity index is 1940. The van der Waals surface area contributed by atoms with Crippen molar-refractivity contribution in [2.75, 3.05) is 11.9 Å². The second-order valence-electron chi connectivity index (χ2n) is 12.3. The molecule has 9 nitrogen and oxygen atoms in total. The van der Waals surface area contributed by atoms with E-state index in [1.807, 2.05) is 0 Å². The first-order valence-corrected chi connectivity index (χ1v) is 16.3. The summed E-state index contributed by atoms with van der Waals surface area (Å²) in [5.41, 5.74) is 2.52. The Labute approximate surface area is 290 Å². The van der Waals surface area contributed by atoms with Crippen molar-refractivity contribution in [2.24, 2.45) is 11.8 Å². The Kier molecular flexibility index (Phi) is 11.3. The minimum atomic E-state index is -0.681. The third-order valence-corrected chi connectivity index (χ3v) is 8.84. The number of anilines is 1. The highest BCUT2D eigenvalue weighted by molar-refractivity contribution is 6.07. The van der Waals surface area contributed by atoms with Crippen molar-refractivity contribution in [3.63, 3.8) is 0 Å². The fourth-order valence-corrected chi connectivity index (χ4v) is 5.75. The van der Waals surface area contributed by atoms with E-state index in [9.17, 15) is 28.8 Å². The molecule has 0 heterocycles. The second-order valence-corrected chi connectivity index (χ2v) is 12.3. The van der Waals surface area contributed by atoms with Crippen LogP contribution in [0.25, 0.3) is 6.08 Å². The monoisotopic (exact) mass is 671 g/mol. The zero-order chi connectivity index (χ0) is 35.8. The minimum absolute atomic E-state index is 0.0361. The molecule has 0 bridgehead atoms. The molecule has 0 atom stereocenters. The van der Waals surface area contributed by atoms with Gasteiger partial charge in [0.25, 0.3) is 5.91 Å². The van der Waals surface area contributed by atoms with E-state index in [-0.39, 0.29) is 52.2 Å². The number of esters is 2. The number of ketones is 3. The molecule has 4 aromatic carbocycles. The van der Waals surface area contributed by atoms with Crippen molar-refractivity contribution in [3.8, 4) is 11.5 Å². The number of carbonyl (C=O) groups excluding carboxylic acids is 6. The number of hydrogen-bond acceptors (Lipinski definition) is 8. The third kappa shape index (κ3) is 8.73. The van der Waals surface area contributed by atoms with Gasteiger partial charge in [-0.3, -0.25) is 24.0 Å². The summed E-state index contributed by atoms with van der Waals surface area (Å²) in [5.74, 6) is -1.66. The van der Waals surface area contributed by atoms with Gasteiger partial charge in [-0.1, -0.05) is 30.3 Å². The van der Waals surface area contributed by atoms with Gasteiger partial charge in [-0.2, -0.15) is 0 Å². The number of carbonyl (C=O) groups is 6. The van der Waals surface area contributed by atoms with Crippen LogP contribution in [0.15, 0.2) is 103 Å². The average Bonchev–Trinajstić information content (AvgIpc) is 3.14. The third-order valence-electron chi connectivity index (χ3n) is 8.84. The van der Waals surface area contributed by atoms with Gasteiger partial charge in [0.15, 0.2) is 11.6 Å². The van der Waals surface area contributed by atoms with E-state index in [1.54, 1.807) is 68.6 Å². The van der Waals surface area contributed by atoms with E-state index in [2.05, 4.69) is 0 Å². The topological polar surface area (TPSA) is 124 Å². The normalized spacial score (nSPS) is 15.6. The van der Waals surface area contributed by atoms with E-state index in [1.165, 1.54) is 66.4 Å². The van der Waals surface area contributed by atoms with Gasteiger partial charge in [-0.25, -0.2) is 4.79 Å². The lowest BCUT2D eigenvalue weighted by Crippen LogP contribution is -2.28. The van der Waals surface area contributed by atoms with Crippen LogP contribution >= 0.6 is 0 Å². The predicted molar refractivity (Wildman–Crippen MR) is 189 cm³/mol. The lowest BCUT2D eigenvalue weighted by atomic mass is 9.80. The molecule has 0 aliphatic heterocycles. The summed E-state index contributed by atoms with van der Waals surface area (Å²) in [6.07, 6.45) is 5.22. The van der Waals surface area contributed by atoms with Crippen molar-refractivity contribution in [2.45, 2.75) is 39.5 Å². The number of nitrogens with zero attached hydrogens (tertiary/aromatic N) is 1. The molecular formula is C41H37NO8. The summed E-state index contributed by atoms with van der Waals surface area (Å²) in [4.78, 5) is 76.9. The van der Waals surface area contributed by atoms with Gasteiger partial charge in [-0.05, 0) is 118 Å². The molecule has 9 heteroatoms. The standard InChI is InChI=1S/C41H37NO8/c1-26(43)28-9-13-33(14-10-28)41(48)50-38-24-22-36(25-34(38)19-23-37(45)30-7-5-4-6-8-30)49-40(47)32-15-11-31(12-16-32)39(46)42(3)35-20-17-29(18-21-35)27(2)44/h4-8,11-12,15-25,28,33H,9-10,13-14H2,1-3H3/b23-19+. The van der Waals surface area contributed by atoms with E-state index < -0.39 is 11.9 Å². The molecule has 0 spiro atoms. The summed E-state index contributed by atoms with van der Waals surface area (Å²) < 4.78 is 11.4. The smallest absolute Gasteiger partial charge is 0.343 e. The molecule has 0 aromatic heterocycles. The number of amides is 1. The Morgan fingerprint density at radius 2 is 1.26 bits per heavy atom. The van der Waals surface area contributed by atoms with E-state index in [0.29, 0.717) is 53.6 Å². The minimum Gasteiger partial charge on any atom is -0.426 e. The number of hydrogen-bond donors (Lipinski definition) is 0. The zero-order valence-electron chi connectivity index (χ0n) is 28.1. The van der Waals surface area contributed by atoms with E-state index in [0.717, 1.165) is 0 Å². The second kappa shape index (κ2) is 16.0. The average molecular weight is 672 g/mol. The van der Waals surface area contributed by atoms with Crippen molar-refractivity contribution in [3.05, 3.63) is 131 Å². The first-order chi connectivity index (χ1) is 24.0. The quantitative estimate of drug-likeness (QED) is 0.0692. The van der Waals surface area contributed by atoms with Crippen molar-refractivity contribution < 1.29 is 38.2 Å². The largest absolute Gasteiger partial charge is 0.426 e. The van der Waals surface area contributed by atoms with Gasteiger partial charge in [0.2, 0.25) is 0 Å². The molecule has 1 aliphatic carbocycles. The van der Waals surface area contributed by atoms with Crippen molar-refractivity contribution in [1.29, 1.82) is 0 Å². The SMILES string of the molecule is CC(=O)c1ccc(N(C)C(=O)c2ccc(C(=O)Oc3ccc(OC(=O)C4CCC(C(C)=O)CC4)c(/C=C/C(=O)c4ccccc4)c3)cc2)cc1. The molecule has 5 rings (SSSR count). The molecule has 0 N–H and O–H groups in total. The van der Waals surface area contributed by atoms with Gasteiger partial charge in [-0.15, -0.1) is 0 Å². The maximum absolute atomic E-state index is 13.1. The van der Waals surface area contributed by atoms with Gasteiger partial charge in [0.1, 0.15) is 17.3 Å². The fourth-order valence-electron chi connectivity index (χ4n) is 5.75. The molecule has 1 amide bonds. The number of Topliss-reactive ketones (excluding diaryl/α,β-unsaturated/α-hetero) is 2. The zero-order valence-corrected chi connectivity index (χ0v) is 28.1. The molecular weight excluding hydrogens is 634 g/mol. The van der Waals surface area contributed by atoms with Gasteiger partial charge < -0.3 is 14.4 Å². The molecule has 254 valence electrons. The number of benzene rings is 4. The van der Waals surface area contributed by atoms with E-state index >= 15 is 0 Å². The highest BCUT2D eigenvalue weighted by Gasteiger charge is 2.30. The van der Waals surface area contributed by atoms with Gasteiger partial charge in [0, 0.05) is 40.9 Å². The lowest BCUT2D eigenvalue weighted by Gasteiger charge is -2.25. The van der Waals surface area contributed by atoms with Crippen molar-refractivity contribution in [1.82, 2.24) is 0 Å². The fraction of sp³-hybridized carbons (Fsp3) is 0.220. The summed E-state index contributed by atoms with van der Waals surface area (Å²) in [6, 6.07) is 25.9. The van der Waals surface area contributed by atoms with Crippen LogP contribution in [0.4, 0.5) is 5.69 Å². The van der Waals surface area contributed by atoms with Crippen LogP contribution in [0.1, 0.15) is 86.5 Å². The van der Waals surface area contributed by atoms with Crippen LogP contribution in [0.2, 0.25) is 0 Å². The Morgan fingerprint density at radius 3 is 1.88 bits per heavy atom. The molecule has 0 unspecified atom stereocenters. The first kappa shape index (κ1) is 35.3. The maximum atomic E-state index is 13.1. The summed E-state index contributed by atoms with van der Waals surface area (Å²) in [5, 5.41) is 0. The van der Waals surface area contributed by atoms with Crippen LogP contribution in [0.5, 0.6) is 11.5 Å². The van der Waals surface area contributed by atoms with Crippen LogP contribution in [-0.2, 0) is 9.59 Å². The molecule has 1 aliphatic rings. The highest BCUT2D eigenvalue weighted by Crippen LogP contribution is 2.32. The highest BCUT2D eigenvalue weighted by atomic mass is 16.5. The summed E-state index contributed by atoms with van der Waals surface area (Å²) in [6.45, 7) is 3.04. The van der Waals surface area contributed by atoms with Crippen molar-refractivity contribution >= 4 is 47.0 Å². The lowest BCUT2D eigenvalue weighted by molar-refractivity contribution is -0.141. The molecule has 1 saturated carbocycles. The molecule has 1 fully saturated rings.